The molecule has 0 unspecified atom stereocenters. The fourth-order valence-corrected chi connectivity index (χ4v) is 5.42. The lowest BCUT2D eigenvalue weighted by molar-refractivity contribution is -0.384. The van der Waals surface area contributed by atoms with E-state index in [-0.39, 0.29) is 37.1 Å². The van der Waals surface area contributed by atoms with Crippen LogP contribution in [0, 0.1) is 10.1 Å². The number of benzene rings is 2. The second-order valence-electron chi connectivity index (χ2n) is 10.9. The molecule has 2 aliphatic heterocycles. The molecule has 4 atom stereocenters. The number of anilines is 1. The molecule has 4 N–H and O–H groups in total. The normalized spacial score (nSPS) is 18.5. The SMILES string of the molecule is C[C@H](N)C(=O)N[C@@H](C)C(=O)N1CCC[C@H]1C(=O)N[C@@H](Cc1ccccc1)C(=O)c1cccc(N2C(=O)CCC2=O)c1[N+](=O)[O-]. The number of hydrogen-bond acceptors (Lipinski definition) is 9. The van der Waals surface area contributed by atoms with Gasteiger partial charge in [0.2, 0.25) is 29.5 Å². The molecule has 4 rings (SSSR count). The molecule has 5 amide bonds. The monoisotopic (exact) mass is 606 g/mol. The first-order chi connectivity index (χ1) is 20.9. The maximum absolute atomic E-state index is 14.0. The smallest absolute Gasteiger partial charge is 0.304 e. The molecule has 2 saturated heterocycles. The zero-order valence-electron chi connectivity index (χ0n) is 24.4. The third-order valence-corrected chi connectivity index (χ3v) is 7.65. The first-order valence-corrected chi connectivity index (χ1v) is 14.3. The molecule has 14 nitrogen and oxygen atoms in total. The molecule has 2 fully saturated rings. The number of nitrogens with two attached hydrogens (primary N) is 1. The Morgan fingerprint density at radius 2 is 1.66 bits per heavy atom. The van der Waals surface area contributed by atoms with E-state index in [0.29, 0.717) is 23.3 Å². The van der Waals surface area contributed by atoms with Gasteiger partial charge in [0, 0.05) is 25.8 Å². The van der Waals surface area contributed by atoms with Crippen molar-refractivity contribution < 1.29 is 33.7 Å². The van der Waals surface area contributed by atoms with E-state index in [1.165, 1.54) is 36.9 Å². The molecule has 0 bridgehead atoms. The van der Waals surface area contributed by atoms with Gasteiger partial charge in [-0.2, -0.15) is 0 Å². The summed E-state index contributed by atoms with van der Waals surface area (Å²) in [6.45, 7) is 3.21. The lowest BCUT2D eigenvalue weighted by Crippen LogP contribution is -2.56. The maximum Gasteiger partial charge on any atom is 0.304 e. The molecule has 0 saturated carbocycles. The summed E-state index contributed by atoms with van der Waals surface area (Å²) in [4.78, 5) is 91.2. The standard InChI is InChI=1S/C30H34N6O8/c1-17(31)28(40)32-18(2)30(42)34-15-7-12-23(34)29(41)33-21(16-19-8-4-3-5-9-19)27(39)20-10-6-11-22(26(20)36(43)44)35-24(37)13-14-25(35)38/h3-6,8-11,17-18,21,23H,7,12-16,31H2,1-2H3,(H,32,40)(H,33,41)/t17-,18-,21-,23-/m0/s1. The van der Waals surface area contributed by atoms with Gasteiger partial charge in [-0.1, -0.05) is 36.4 Å². The Balaban J connectivity index is 1.64. The maximum atomic E-state index is 14.0. The highest BCUT2D eigenvalue weighted by atomic mass is 16.6. The first-order valence-electron chi connectivity index (χ1n) is 14.3. The Labute approximate surface area is 253 Å². The van der Waals surface area contributed by atoms with Crippen LogP contribution < -0.4 is 21.3 Å². The van der Waals surface area contributed by atoms with E-state index in [9.17, 15) is 38.9 Å². The number of nitro groups is 1. The summed E-state index contributed by atoms with van der Waals surface area (Å²) < 4.78 is 0. The number of Topliss-reactive ketones (excluding diaryl/α,β-unsaturated/α-hetero) is 1. The summed E-state index contributed by atoms with van der Waals surface area (Å²) >= 11 is 0. The van der Waals surface area contributed by atoms with Crippen molar-refractivity contribution >= 4 is 46.7 Å². The number of likely N-dealkylation sites (tertiary alicyclic amines) is 1. The lowest BCUT2D eigenvalue weighted by atomic mass is 9.95. The van der Waals surface area contributed by atoms with Crippen molar-refractivity contribution in [2.24, 2.45) is 5.73 Å². The van der Waals surface area contributed by atoms with Gasteiger partial charge in [-0.05, 0) is 44.4 Å². The van der Waals surface area contributed by atoms with Crippen molar-refractivity contribution in [2.45, 2.75) is 70.1 Å². The average molecular weight is 607 g/mol. The van der Waals surface area contributed by atoms with Crippen LogP contribution in [0.15, 0.2) is 48.5 Å². The summed E-state index contributed by atoms with van der Waals surface area (Å²) in [6.07, 6.45) is 0.555. The van der Waals surface area contributed by atoms with Crippen molar-refractivity contribution in [3.8, 4) is 0 Å². The van der Waals surface area contributed by atoms with Crippen LogP contribution in [0.1, 0.15) is 55.5 Å². The number of nitrogens with zero attached hydrogens (tertiary/aromatic N) is 3. The highest BCUT2D eigenvalue weighted by Crippen LogP contribution is 2.35. The Morgan fingerprint density at radius 3 is 2.27 bits per heavy atom. The van der Waals surface area contributed by atoms with Crippen molar-refractivity contribution in [1.29, 1.82) is 0 Å². The van der Waals surface area contributed by atoms with Crippen LogP contribution in [-0.2, 0) is 30.4 Å². The van der Waals surface area contributed by atoms with Crippen LogP contribution >= 0.6 is 0 Å². The van der Waals surface area contributed by atoms with E-state index >= 15 is 0 Å². The zero-order chi connectivity index (χ0) is 32.1. The molecule has 0 radical (unpaired) electrons. The van der Waals surface area contributed by atoms with Crippen molar-refractivity contribution in [1.82, 2.24) is 15.5 Å². The molecular weight excluding hydrogens is 572 g/mol. The van der Waals surface area contributed by atoms with E-state index in [1.807, 2.05) is 0 Å². The van der Waals surface area contributed by atoms with Crippen molar-refractivity contribution in [3.05, 3.63) is 69.8 Å². The molecule has 2 aromatic carbocycles. The minimum atomic E-state index is -1.29. The van der Waals surface area contributed by atoms with Gasteiger partial charge in [-0.25, -0.2) is 4.90 Å². The lowest BCUT2D eigenvalue weighted by Gasteiger charge is -2.29. The van der Waals surface area contributed by atoms with Gasteiger partial charge in [0.15, 0.2) is 5.78 Å². The predicted octanol–water partition coefficient (Wildman–Crippen LogP) is 1.00. The van der Waals surface area contributed by atoms with E-state index in [4.69, 9.17) is 5.73 Å². The van der Waals surface area contributed by atoms with Gasteiger partial charge in [0.1, 0.15) is 17.8 Å². The van der Waals surface area contributed by atoms with Crippen LogP contribution in [0.4, 0.5) is 11.4 Å². The second-order valence-corrected chi connectivity index (χ2v) is 10.9. The predicted molar refractivity (Wildman–Crippen MR) is 157 cm³/mol. The van der Waals surface area contributed by atoms with Crippen LogP contribution in [0.5, 0.6) is 0 Å². The molecule has 14 heteroatoms. The van der Waals surface area contributed by atoms with Crippen LogP contribution in [0.25, 0.3) is 0 Å². The second kappa shape index (κ2) is 13.5. The van der Waals surface area contributed by atoms with Gasteiger partial charge in [-0.3, -0.25) is 38.9 Å². The largest absolute Gasteiger partial charge is 0.344 e. The molecule has 2 heterocycles. The Bertz CT molecular complexity index is 1480. The third-order valence-electron chi connectivity index (χ3n) is 7.65. The average Bonchev–Trinajstić information content (AvgIpc) is 3.62. The van der Waals surface area contributed by atoms with Crippen LogP contribution in [-0.4, -0.2) is 75.9 Å². The molecule has 2 aromatic rings. The fourth-order valence-electron chi connectivity index (χ4n) is 5.42. The molecule has 0 spiro atoms. The van der Waals surface area contributed by atoms with Gasteiger partial charge >= 0.3 is 5.69 Å². The van der Waals surface area contributed by atoms with Crippen molar-refractivity contribution in [3.63, 3.8) is 0 Å². The van der Waals surface area contributed by atoms with Crippen LogP contribution in [0.3, 0.4) is 0 Å². The highest BCUT2D eigenvalue weighted by molar-refractivity contribution is 6.22. The number of ketones is 1. The number of carbonyl (C=O) groups excluding carboxylic acids is 6. The minimum Gasteiger partial charge on any atom is -0.344 e. The first kappa shape index (κ1) is 31.9. The number of nitro benzene ring substituents is 1. The summed E-state index contributed by atoms with van der Waals surface area (Å²) in [7, 11) is 0. The van der Waals surface area contributed by atoms with Gasteiger partial charge in [0.05, 0.1) is 22.6 Å². The minimum absolute atomic E-state index is 0.0319. The fraction of sp³-hybridized carbons (Fsp3) is 0.400. The third kappa shape index (κ3) is 6.80. The molecule has 0 aromatic heterocycles. The van der Waals surface area contributed by atoms with E-state index < -0.39 is 70.1 Å². The van der Waals surface area contributed by atoms with Gasteiger partial charge in [-0.15, -0.1) is 0 Å². The molecule has 0 aliphatic carbocycles. The van der Waals surface area contributed by atoms with Gasteiger partial charge in [0.25, 0.3) is 0 Å². The highest BCUT2D eigenvalue weighted by Gasteiger charge is 2.41. The Hall–Kier alpha value is -4.98. The number of nitrogens with one attached hydrogen (secondary N) is 2. The molecule has 232 valence electrons. The van der Waals surface area contributed by atoms with E-state index in [1.54, 1.807) is 30.3 Å². The summed E-state index contributed by atoms with van der Waals surface area (Å²) in [6, 6.07) is 8.45. The number of para-hydroxylation sites is 1. The number of imide groups is 1. The number of rotatable bonds is 11. The molecule has 44 heavy (non-hydrogen) atoms. The molecular formula is C30H34N6O8. The quantitative estimate of drug-likeness (QED) is 0.144. The van der Waals surface area contributed by atoms with Crippen molar-refractivity contribution in [2.75, 3.05) is 11.4 Å². The van der Waals surface area contributed by atoms with Crippen LogP contribution in [0.2, 0.25) is 0 Å². The topological polar surface area (TPSA) is 202 Å². The Morgan fingerprint density at radius 1 is 1.00 bits per heavy atom. The number of carbonyl (C=O) groups is 6. The number of hydrogen-bond donors (Lipinski definition) is 3. The van der Waals surface area contributed by atoms with E-state index in [0.717, 1.165) is 0 Å². The van der Waals surface area contributed by atoms with E-state index in [2.05, 4.69) is 10.6 Å². The Kier molecular flexibility index (Phi) is 9.83. The molecule has 2 aliphatic rings. The number of amides is 5. The van der Waals surface area contributed by atoms with Gasteiger partial charge < -0.3 is 21.3 Å². The summed E-state index contributed by atoms with van der Waals surface area (Å²) in [5.41, 5.74) is 4.83. The summed E-state index contributed by atoms with van der Waals surface area (Å²) in [5.74, 6) is -3.70. The zero-order valence-corrected chi connectivity index (χ0v) is 24.4. The summed E-state index contributed by atoms with van der Waals surface area (Å²) in [5, 5.41) is 17.5.